The van der Waals surface area contributed by atoms with Crippen LogP contribution >= 0.6 is 0 Å². The average molecular weight is 621 g/mol. The Labute approximate surface area is 267 Å². The maximum Gasteiger partial charge on any atom is 0.311 e. The van der Waals surface area contributed by atoms with Crippen molar-refractivity contribution in [2.45, 2.75) is 97.3 Å². The SMILES string of the molecule is CCCCCCCC(=O)Oc1ccc(/C=C/C(=O)CC(=O)/C=C/c2ccc(OC(=O)CCCCCCC)c(OC)c2)cc1OC. The molecule has 0 heterocycles. The Bertz CT molecular complexity index is 1210. The molecule has 0 aromatic heterocycles. The molecule has 2 rings (SSSR count). The molecule has 0 radical (unpaired) electrons. The molecule has 8 nitrogen and oxygen atoms in total. The Morgan fingerprint density at radius 3 is 1.33 bits per heavy atom. The predicted octanol–water partition coefficient (Wildman–Crippen LogP) is 8.49. The van der Waals surface area contributed by atoms with E-state index in [1.165, 1.54) is 26.4 Å². The maximum atomic E-state index is 12.4. The second kappa shape index (κ2) is 21.5. The molecule has 0 amide bonds. The molecule has 0 spiro atoms. The van der Waals surface area contributed by atoms with E-state index >= 15 is 0 Å². The van der Waals surface area contributed by atoms with Crippen molar-refractivity contribution in [1.29, 1.82) is 0 Å². The van der Waals surface area contributed by atoms with Crippen molar-refractivity contribution in [3.63, 3.8) is 0 Å². The van der Waals surface area contributed by atoms with Crippen LogP contribution in [0.2, 0.25) is 0 Å². The molecule has 2 aromatic carbocycles. The standard InChI is InChI=1S/C37H48O8/c1-5-7-9-11-13-15-36(40)44-32-23-19-28(25-34(32)42-3)17-21-30(38)27-31(39)22-18-29-20-24-33(35(26-29)43-4)45-37(41)16-14-12-10-8-6-2/h17-26H,5-16,27H2,1-4H3/b21-17+,22-18+. The van der Waals surface area contributed by atoms with E-state index in [0.29, 0.717) is 47.0 Å². The predicted molar refractivity (Wildman–Crippen MR) is 177 cm³/mol. The molecule has 0 aliphatic heterocycles. The number of benzene rings is 2. The number of allylic oxidation sites excluding steroid dienone is 2. The monoisotopic (exact) mass is 620 g/mol. The van der Waals surface area contributed by atoms with Crippen LogP contribution in [0.4, 0.5) is 0 Å². The van der Waals surface area contributed by atoms with Crippen LogP contribution in [-0.2, 0) is 19.2 Å². The Morgan fingerprint density at radius 1 is 0.556 bits per heavy atom. The molecule has 0 atom stereocenters. The van der Waals surface area contributed by atoms with Crippen LogP contribution in [0.1, 0.15) is 108 Å². The molecule has 0 N–H and O–H groups in total. The van der Waals surface area contributed by atoms with Gasteiger partial charge in [0.25, 0.3) is 0 Å². The van der Waals surface area contributed by atoms with Crippen molar-refractivity contribution >= 4 is 35.7 Å². The van der Waals surface area contributed by atoms with Gasteiger partial charge in [-0.1, -0.05) is 89.5 Å². The zero-order valence-corrected chi connectivity index (χ0v) is 27.2. The van der Waals surface area contributed by atoms with Crippen LogP contribution in [-0.4, -0.2) is 37.7 Å². The molecule has 45 heavy (non-hydrogen) atoms. The minimum Gasteiger partial charge on any atom is -0.493 e. The summed E-state index contributed by atoms with van der Waals surface area (Å²) in [7, 11) is 2.96. The first-order chi connectivity index (χ1) is 21.8. The highest BCUT2D eigenvalue weighted by atomic mass is 16.6. The van der Waals surface area contributed by atoms with Crippen LogP contribution < -0.4 is 18.9 Å². The molecule has 0 aliphatic carbocycles. The van der Waals surface area contributed by atoms with E-state index in [1.807, 2.05) is 0 Å². The highest BCUT2D eigenvalue weighted by Crippen LogP contribution is 2.30. The number of hydrogen-bond acceptors (Lipinski definition) is 8. The summed E-state index contributed by atoms with van der Waals surface area (Å²) in [5.41, 5.74) is 1.32. The smallest absolute Gasteiger partial charge is 0.311 e. The summed E-state index contributed by atoms with van der Waals surface area (Å²) < 4.78 is 21.7. The molecule has 0 aliphatic rings. The number of carbonyl (C=O) groups is 4. The van der Waals surface area contributed by atoms with Gasteiger partial charge in [-0.25, -0.2) is 0 Å². The van der Waals surface area contributed by atoms with E-state index < -0.39 is 0 Å². The number of hydrogen-bond donors (Lipinski definition) is 0. The van der Waals surface area contributed by atoms with Gasteiger partial charge in [0.2, 0.25) is 0 Å². The number of carbonyl (C=O) groups excluding carboxylic acids is 4. The number of unbranched alkanes of at least 4 members (excludes halogenated alkanes) is 8. The van der Waals surface area contributed by atoms with Crippen LogP contribution in [0.3, 0.4) is 0 Å². The van der Waals surface area contributed by atoms with Crippen LogP contribution in [0.15, 0.2) is 48.6 Å². The van der Waals surface area contributed by atoms with E-state index in [4.69, 9.17) is 18.9 Å². The molecule has 0 fully saturated rings. The Hall–Kier alpha value is -4.20. The number of ether oxygens (including phenoxy) is 4. The minimum atomic E-state index is -0.364. The third kappa shape index (κ3) is 14.9. The Morgan fingerprint density at radius 2 is 0.956 bits per heavy atom. The molecule has 0 saturated heterocycles. The van der Waals surface area contributed by atoms with E-state index in [1.54, 1.807) is 48.6 Å². The second-order valence-electron chi connectivity index (χ2n) is 10.9. The summed E-state index contributed by atoms with van der Waals surface area (Å²) in [5.74, 6) is 0.0462. The number of ketones is 2. The normalized spacial score (nSPS) is 11.1. The highest BCUT2D eigenvalue weighted by Gasteiger charge is 2.12. The topological polar surface area (TPSA) is 105 Å². The lowest BCUT2D eigenvalue weighted by Crippen LogP contribution is -2.08. The van der Waals surface area contributed by atoms with E-state index in [9.17, 15) is 19.2 Å². The van der Waals surface area contributed by atoms with E-state index in [0.717, 1.165) is 64.2 Å². The Balaban J connectivity index is 1.87. The molecule has 0 bridgehead atoms. The quantitative estimate of drug-likeness (QED) is 0.0424. The summed E-state index contributed by atoms with van der Waals surface area (Å²) >= 11 is 0. The highest BCUT2D eigenvalue weighted by molar-refractivity contribution is 6.10. The van der Waals surface area contributed by atoms with Crippen molar-refractivity contribution in [2.24, 2.45) is 0 Å². The van der Waals surface area contributed by atoms with E-state index in [2.05, 4.69) is 13.8 Å². The van der Waals surface area contributed by atoms with Crippen molar-refractivity contribution in [2.75, 3.05) is 14.2 Å². The van der Waals surface area contributed by atoms with E-state index in [-0.39, 0.29) is 29.9 Å². The Kier molecular flexibility index (Phi) is 17.7. The fourth-order valence-corrected chi connectivity index (χ4v) is 4.51. The van der Waals surface area contributed by atoms with Gasteiger partial charge in [-0.3, -0.25) is 19.2 Å². The molecule has 2 aromatic rings. The lowest BCUT2D eigenvalue weighted by atomic mass is 10.1. The number of rotatable bonds is 22. The lowest BCUT2D eigenvalue weighted by molar-refractivity contribution is -0.135. The first kappa shape index (κ1) is 37.0. The lowest BCUT2D eigenvalue weighted by Gasteiger charge is -2.10. The molecule has 244 valence electrons. The molecule has 0 unspecified atom stereocenters. The third-order valence-corrected chi connectivity index (χ3v) is 7.06. The summed E-state index contributed by atoms with van der Waals surface area (Å²) in [6.45, 7) is 4.29. The van der Waals surface area contributed by atoms with Gasteiger partial charge in [0.05, 0.1) is 20.6 Å². The van der Waals surface area contributed by atoms with Crippen molar-refractivity contribution in [1.82, 2.24) is 0 Å². The summed E-state index contributed by atoms with van der Waals surface area (Å²) in [6, 6.07) is 10.00. The van der Waals surface area contributed by atoms with Gasteiger partial charge < -0.3 is 18.9 Å². The fraction of sp³-hybridized carbons (Fsp3) is 0.459. The van der Waals surface area contributed by atoms with Crippen LogP contribution in [0.5, 0.6) is 23.0 Å². The first-order valence-electron chi connectivity index (χ1n) is 16.0. The van der Waals surface area contributed by atoms with Crippen molar-refractivity contribution in [3.05, 3.63) is 59.7 Å². The van der Waals surface area contributed by atoms with Gasteiger partial charge in [-0.2, -0.15) is 0 Å². The van der Waals surface area contributed by atoms with Crippen molar-refractivity contribution in [3.8, 4) is 23.0 Å². The fourth-order valence-electron chi connectivity index (χ4n) is 4.51. The maximum absolute atomic E-state index is 12.4. The zero-order valence-electron chi connectivity index (χ0n) is 27.2. The largest absolute Gasteiger partial charge is 0.493 e. The van der Waals surface area contributed by atoms with Crippen molar-refractivity contribution < 1.29 is 38.1 Å². The number of esters is 2. The van der Waals surface area contributed by atoms with Gasteiger partial charge in [0.1, 0.15) is 0 Å². The average Bonchev–Trinajstić information content (AvgIpc) is 3.03. The second-order valence-corrected chi connectivity index (χ2v) is 10.9. The zero-order chi connectivity index (χ0) is 32.9. The van der Waals surface area contributed by atoms with Gasteiger partial charge in [-0.15, -0.1) is 0 Å². The molecule has 0 saturated carbocycles. The molecular weight excluding hydrogens is 572 g/mol. The van der Waals surface area contributed by atoms with Gasteiger partial charge in [-0.05, 0) is 60.4 Å². The summed E-state index contributed by atoms with van der Waals surface area (Å²) in [6.07, 6.45) is 16.6. The summed E-state index contributed by atoms with van der Waals surface area (Å²) in [4.78, 5) is 49.3. The number of methoxy groups -OCH3 is 2. The van der Waals surface area contributed by atoms with Gasteiger partial charge in [0.15, 0.2) is 34.6 Å². The van der Waals surface area contributed by atoms with Gasteiger partial charge in [0, 0.05) is 12.8 Å². The molecule has 8 heteroatoms. The minimum absolute atomic E-state index is 0.302. The first-order valence-corrected chi connectivity index (χ1v) is 16.0. The van der Waals surface area contributed by atoms with Gasteiger partial charge >= 0.3 is 11.9 Å². The van der Waals surface area contributed by atoms with Crippen LogP contribution in [0, 0.1) is 0 Å². The third-order valence-electron chi connectivity index (χ3n) is 7.06. The van der Waals surface area contributed by atoms with Crippen LogP contribution in [0.25, 0.3) is 12.2 Å². The molecular formula is C37H48O8. The summed E-state index contributed by atoms with van der Waals surface area (Å²) in [5, 5.41) is 0.